The van der Waals surface area contributed by atoms with Crippen molar-refractivity contribution in [2.24, 2.45) is 0 Å². The minimum absolute atomic E-state index is 0.610. The molecule has 4 heteroatoms. The number of hydrogen-bond donors (Lipinski definition) is 2. The van der Waals surface area contributed by atoms with Crippen molar-refractivity contribution in [3.05, 3.63) is 53.7 Å². The lowest BCUT2D eigenvalue weighted by Gasteiger charge is -2.13. The molecule has 0 amide bonds. The van der Waals surface area contributed by atoms with E-state index in [2.05, 4.69) is 59.2 Å². The van der Waals surface area contributed by atoms with Crippen LogP contribution in [0.25, 0.3) is 0 Å². The number of hydrogen-bond acceptors (Lipinski definition) is 4. The van der Waals surface area contributed by atoms with Crippen LogP contribution in [-0.2, 0) is 0 Å². The second kappa shape index (κ2) is 6.19. The molecule has 0 unspecified atom stereocenters. The van der Waals surface area contributed by atoms with Gasteiger partial charge in [-0.3, -0.25) is 0 Å². The Hall–Kier alpha value is -2.36. The Balaban J connectivity index is 2.29. The van der Waals surface area contributed by atoms with E-state index >= 15 is 0 Å². The molecule has 0 saturated heterocycles. The van der Waals surface area contributed by atoms with E-state index in [1.807, 2.05) is 13.0 Å². The third kappa shape index (κ3) is 3.35. The Morgan fingerprint density at radius 1 is 1.15 bits per heavy atom. The van der Waals surface area contributed by atoms with Crippen molar-refractivity contribution >= 4 is 17.5 Å². The van der Waals surface area contributed by atoms with Gasteiger partial charge in [-0.05, 0) is 31.9 Å². The van der Waals surface area contributed by atoms with Crippen LogP contribution in [0.1, 0.15) is 16.8 Å². The predicted molar refractivity (Wildman–Crippen MR) is 84.7 cm³/mol. The van der Waals surface area contributed by atoms with Crippen LogP contribution in [0.15, 0.2) is 36.9 Å². The topological polar surface area (TPSA) is 49.8 Å². The van der Waals surface area contributed by atoms with Gasteiger partial charge in [0, 0.05) is 24.0 Å². The van der Waals surface area contributed by atoms with E-state index in [-0.39, 0.29) is 0 Å². The fourth-order valence-electron chi connectivity index (χ4n) is 2.01. The van der Waals surface area contributed by atoms with E-state index in [4.69, 9.17) is 0 Å². The second-order valence-corrected chi connectivity index (χ2v) is 4.78. The highest BCUT2D eigenvalue weighted by molar-refractivity contribution is 5.65. The largest absolute Gasteiger partial charge is 0.351 e. The highest BCUT2D eigenvalue weighted by Crippen LogP contribution is 2.24. The Morgan fingerprint density at radius 2 is 1.85 bits per heavy atom. The zero-order valence-electron chi connectivity index (χ0n) is 12.2. The number of aromatic nitrogens is 2. The molecular formula is C16H20N4. The van der Waals surface area contributed by atoms with Crippen LogP contribution in [0.5, 0.6) is 0 Å². The zero-order valence-corrected chi connectivity index (χ0v) is 12.2. The summed E-state index contributed by atoms with van der Waals surface area (Å²) in [4.78, 5) is 8.82. The predicted octanol–water partition coefficient (Wildman–Crippen LogP) is 3.74. The van der Waals surface area contributed by atoms with Crippen molar-refractivity contribution in [3.8, 4) is 0 Å². The molecule has 20 heavy (non-hydrogen) atoms. The molecular weight excluding hydrogens is 248 g/mol. The van der Waals surface area contributed by atoms with Crippen LogP contribution in [-0.4, -0.2) is 16.5 Å². The van der Waals surface area contributed by atoms with E-state index in [0.29, 0.717) is 12.5 Å². The summed E-state index contributed by atoms with van der Waals surface area (Å²) >= 11 is 0. The molecule has 104 valence electrons. The van der Waals surface area contributed by atoms with Crippen molar-refractivity contribution in [1.29, 1.82) is 0 Å². The van der Waals surface area contributed by atoms with Gasteiger partial charge in [-0.2, -0.15) is 4.98 Å². The highest BCUT2D eigenvalue weighted by atomic mass is 15.1. The van der Waals surface area contributed by atoms with Gasteiger partial charge in [0.15, 0.2) is 0 Å². The molecule has 2 rings (SSSR count). The lowest BCUT2D eigenvalue weighted by atomic mass is 10.1. The number of nitrogens with one attached hydrogen (secondary N) is 2. The van der Waals surface area contributed by atoms with Gasteiger partial charge >= 0.3 is 0 Å². The Morgan fingerprint density at radius 3 is 2.50 bits per heavy atom. The molecule has 1 aromatic heterocycles. The maximum atomic E-state index is 4.47. The average Bonchev–Trinajstić information content (AvgIpc) is 2.40. The van der Waals surface area contributed by atoms with Crippen molar-refractivity contribution in [2.45, 2.75) is 20.8 Å². The van der Waals surface area contributed by atoms with E-state index in [1.165, 1.54) is 11.1 Å². The third-order valence-electron chi connectivity index (χ3n) is 2.99. The Bertz CT molecular complexity index is 600. The van der Waals surface area contributed by atoms with Gasteiger partial charge in [0.2, 0.25) is 5.95 Å². The first kappa shape index (κ1) is 14.1. The van der Waals surface area contributed by atoms with Crippen LogP contribution in [0.4, 0.5) is 17.5 Å². The molecule has 2 N–H and O–H groups in total. The van der Waals surface area contributed by atoms with Crippen molar-refractivity contribution in [3.63, 3.8) is 0 Å². The van der Waals surface area contributed by atoms with Gasteiger partial charge in [0.1, 0.15) is 5.82 Å². The lowest BCUT2D eigenvalue weighted by molar-refractivity contribution is 1.08. The van der Waals surface area contributed by atoms with Gasteiger partial charge in [0.25, 0.3) is 0 Å². The molecule has 1 aromatic carbocycles. The number of aryl methyl sites for hydroxylation is 3. The molecule has 0 saturated carbocycles. The summed E-state index contributed by atoms with van der Waals surface area (Å²) in [6.07, 6.45) is 1.78. The maximum Gasteiger partial charge on any atom is 0.225 e. The fourth-order valence-corrected chi connectivity index (χ4v) is 2.01. The number of anilines is 3. The first-order valence-corrected chi connectivity index (χ1v) is 6.64. The summed E-state index contributed by atoms with van der Waals surface area (Å²) < 4.78 is 0. The molecule has 2 aromatic rings. The van der Waals surface area contributed by atoms with E-state index in [0.717, 1.165) is 17.2 Å². The van der Waals surface area contributed by atoms with E-state index in [1.54, 1.807) is 6.08 Å². The summed E-state index contributed by atoms with van der Waals surface area (Å²) in [5, 5.41) is 6.49. The van der Waals surface area contributed by atoms with Crippen LogP contribution in [0.3, 0.4) is 0 Å². The van der Waals surface area contributed by atoms with Gasteiger partial charge in [-0.1, -0.05) is 24.3 Å². The standard InChI is InChI=1S/C16H20N4/c1-5-9-17-16-18-13(4)10-14(20-16)19-15-11(2)7-6-8-12(15)3/h5-8,10H,1,9H2,2-4H3,(H2,17,18,19,20). The van der Waals surface area contributed by atoms with Crippen molar-refractivity contribution in [2.75, 3.05) is 17.2 Å². The summed E-state index contributed by atoms with van der Waals surface area (Å²) in [6, 6.07) is 8.16. The molecule has 4 nitrogen and oxygen atoms in total. The molecule has 0 atom stereocenters. The normalized spacial score (nSPS) is 10.2. The summed E-state index contributed by atoms with van der Waals surface area (Å²) in [5.74, 6) is 1.40. The monoisotopic (exact) mass is 268 g/mol. The number of rotatable bonds is 5. The van der Waals surface area contributed by atoms with Gasteiger partial charge in [-0.25, -0.2) is 4.98 Å². The van der Waals surface area contributed by atoms with Crippen molar-refractivity contribution < 1.29 is 0 Å². The molecule has 0 radical (unpaired) electrons. The minimum Gasteiger partial charge on any atom is -0.351 e. The Kier molecular flexibility index (Phi) is 4.35. The lowest BCUT2D eigenvalue weighted by Crippen LogP contribution is -2.06. The maximum absolute atomic E-state index is 4.47. The molecule has 0 aliphatic rings. The first-order chi connectivity index (χ1) is 9.60. The number of para-hydroxylation sites is 1. The van der Waals surface area contributed by atoms with Gasteiger partial charge < -0.3 is 10.6 Å². The fraction of sp³-hybridized carbons (Fsp3) is 0.250. The van der Waals surface area contributed by atoms with Gasteiger partial charge in [0.05, 0.1) is 0 Å². The van der Waals surface area contributed by atoms with Crippen LogP contribution in [0, 0.1) is 20.8 Å². The smallest absolute Gasteiger partial charge is 0.225 e. The molecule has 1 heterocycles. The zero-order chi connectivity index (χ0) is 14.5. The van der Waals surface area contributed by atoms with E-state index < -0.39 is 0 Å². The van der Waals surface area contributed by atoms with Crippen LogP contribution >= 0.6 is 0 Å². The summed E-state index contributed by atoms with van der Waals surface area (Å²) in [5.41, 5.74) is 4.41. The molecule has 0 spiro atoms. The minimum atomic E-state index is 0.610. The van der Waals surface area contributed by atoms with Gasteiger partial charge in [-0.15, -0.1) is 6.58 Å². The molecule has 0 aliphatic heterocycles. The quantitative estimate of drug-likeness (QED) is 0.811. The van der Waals surface area contributed by atoms with Crippen molar-refractivity contribution in [1.82, 2.24) is 9.97 Å². The first-order valence-electron chi connectivity index (χ1n) is 6.64. The summed E-state index contributed by atoms with van der Waals surface area (Å²) in [7, 11) is 0. The van der Waals surface area contributed by atoms with E-state index in [9.17, 15) is 0 Å². The summed E-state index contributed by atoms with van der Waals surface area (Å²) in [6.45, 7) is 10.4. The molecule has 0 fully saturated rings. The highest BCUT2D eigenvalue weighted by Gasteiger charge is 2.06. The molecule has 0 aliphatic carbocycles. The second-order valence-electron chi connectivity index (χ2n) is 4.78. The van der Waals surface area contributed by atoms with Crippen LogP contribution in [0.2, 0.25) is 0 Å². The average molecular weight is 268 g/mol. The number of benzene rings is 1. The number of nitrogens with zero attached hydrogens (tertiary/aromatic N) is 2. The molecule has 0 bridgehead atoms. The Labute approximate surface area is 120 Å². The SMILES string of the molecule is C=CCNc1nc(C)cc(Nc2c(C)cccc2C)n1. The third-order valence-corrected chi connectivity index (χ3v) is 2.99. The van der Waals surface area contributed by atoms with Crippen LogP contribution < -0.4 is 10.6 Å².